The molecule has 8 nitrogen and oxygen atoms in total. The van der Waals surface area contributed by atoms with E-state index in [1.54, 1.807) is 19.1 Å². The highest BCUT2D eigenvalue weighted by molar-refractivity contribution is 14.0. The number of aliphatic imine (C=N–C) groups is 1. The number of pyridine rings is 1. The summed E-state index contributed by atoms with van der Waals surface area (Å²) in [7, 11) is 0. The molecule has 1 atom stereocenters. The number of aromatic nitrogens is 1. The van der Waals surface area contributed by atoms with Crippen molar-refractivity contribution in [3.8, 4) is 5.88 Å². The molecule has 0 radical (unpaired) electrons. The van der Waals surface area contributed by atoms with Crippen LogP contribution in [0.2, 0.25) is 0 Å². The quantitative estimate of drug-likeness (QED) is 0.241. The molecule has 1 unspecified atom stereocenters. The lowest BCUT2D eigenvalue weighted by Crippen LogP contribution is -2.52. The third kappa shape index (κ3) is 11.2. The van der Waals surface area contributed by atoms with Gasteiger partial charge in [0.15, 0.2) is 12.6 Å². The van der Waals surface area contributed by atoms with Crippen LogP contribution >= 0.6 is 24.0 Å². The molecule has 1 aliphatic rings. The summed E-state index contributed by atoms with van der Waals surface area (Å²) >= 11 is 0. The molecule has 0 spiro atoms. The van der Waals surface area contributed by atoms with Crippen molar-refractivity contribution >= 4 is 29.9 Å². The van der Waals surface area contributed by atoms with Crippen LogP contribution in [0.5, 0.6) is 5.88 Å². The number of β-amino-alcohol motifs (C(OH)–C–C–N with tert-alkyl or cyclic N) is 1. The normalized spacial score (nSPS) is 17.4. The van der Waals surface area contributed by atoms with Crippen molar-refractivity contribution in [2.75, 3.05) is 52.5 Å². The Labute approximate surface area is 197 Å². The molecule has 12 heteroatoms. The molecule has 2 rings (SSSR count). The van der Waals surface area contributed by atoms with Crippen molar-refractivity contribution in [3.63, 3.8) is 0 Å². The van der Waals surface area contributed by atoms with Gasteiger partial charge in [0.2, 0.25) is 5.88 Å². The van der Waals surface area contributed by atoms with E-state index in [9.17, 15) is 18.3 Å². The molecule has 0 amide bonds. The van der Waals surface area contributed by atoms with Gasteiger partial charge in [-0.25, -0.2) is 9.98 Å². The Hall–Kier alpha value is -1.38. The van der Waals surface area contributed by atoms with Gasteiger partial charge < -0.3 is 25.2 Å². The van der Waals surface area contributed by atoms with E-state index in [2.05, 4.69) is 25.5 Å². The second kappa shape index (κ2) is 13.2. The molecule has 1 aliphatic heterocycles. The third-order valence-electron chi connectivity index (χ3n) is 4.28. The fraction of sp³-hybridized carbons (Fsp3) is 0.684. The van der Waals surface area contributed by atoms with Crippen LogP contribution in [-0.2, 0) is 11.3 Å². The number of hydrogen-bond acceptors (Lipinski definition) is 6. The van der Waals surface area contributed by atoms with E-state index in [0.29, 0.717) is 37.8 Å². The lowest BCUT2D eigenvalue weighted by molar-refractivity contribution is -0.154. The Balaban J connectivity index is 0.00000480. The van der Waals surface area contributed by atoms with Gasteiger partial charge in [0.1, 0.15) is 0 Å². The lowest BCUT2D eigenvalue weighted by Gasteiger charge is -2.34. The van der Waals surface area contributed by atoms with E-state index >= 15 is 0 Å². The first-order valence-corrected chi connectivity index (χ1v) is 9.86. The van der Waals surface area contributed by atoms with Crippen molar-refractivity contribution < 1.29 is 27.8 Å². The number of guanidine groups is 1. The van der Waals surface area contributed by atoms with Gasteiger partial charge in [-0.3, -0.25) is 4.90 Å². The van der Waals surface area contributed by atoms with Crippen LogP contribution in [0, 0.1) is 0 Å². The van der Waals surface area contributed by atoms with Crippen molar-refractivity contribution in [3.05, 3.63) is 23.9 Å². The fourth-order valence-electron chi connectivity index (χ4n) is 2.90. The first kappa shape index (κ1) is 27.7. The summed E-state index contributed by atoms with van der Waals surface area (Å²) in [5.74, 6) is 0.333. The number of hydrogen-bond donors (Lipinski definition) is 3. The minimum atomic E-state index is -4.44. The van der Waals surface area contributed by atoms with E-state index in [4.69, 9.17) is 9.47 Å². The summed E-state index contributed by atoms with van der Waals surface area (Å²) < 4.78 is 47.4. The smallest absolute Gasteiger partial charge is 0.422 e. The molecular formula is C19H31F3IN5O3. The predicted molar refractivity (Wildman–Crippen MR) is 122 cm³/mol. The summed E-state index contributed by atoms with van der Waals surface area (Å²) in [6.07, 6.45) is -3.08. The molecule has 178 valence electrons. The summed E-state index contributed by atoms with van der Waals surface area (Å²) in [4.78, 5) is 10.4. The molecule has 1 aromatic heterocycles. The van der Waals surface area contributed by atoms with Gasteiger partial charge in [-0.2, -0.15) is 13.2 Å². The van der Waals surface area contributed by atoms with Gasteiger partial charge in [-0.1, -0.05) is 6.07 Å². The zero-order valence-electron chi connectivity index (χ0n) is 17.7. The van der Waals surface area contributed by atoms with Crippen molar-refractivity contribution in [2.24, 2.45) is 4.99 Å². The topological polar surface area (TPSA) is 91.2 Å². The minimum absolute atomic E-state index is 0. The Morgan fingerprint density at radius 3 is 2.68 bits per heavy atom. The van der Waals surface area contributed by atoms with Gasteiger partial charge in [0.25, 0.3) is 0 Å². The van der Waals surface area contributed by atoms with Gasteiger partial charge in [0, 0.05) is 44.5 Å². The van der Waals surface area contributed by atoms with Crippen molar-refractivity contribution in [1.29, 1.82) is 0 Å². The fourth-order valence-corrected chi connectivity index (χ4v) is 2.90. The molecule has 0 aliphatic carbocycles. The van der Waals surface area contributed by atoms with Gasteiger partial charge in [-0.05, 0) is 19.9 Å². The number of nitrogens with zero attached hydrogens (tertiary/aromatic N) is 3. The summed E-state index contributed by atoms with van der Waals surface area (Å²) in [5, 5.41) is 16.8. The second-order valence-electron chi connectivity index (χ2n) is 7.31. The first-order valence-electron chi connectivity index (χ1n) is 9.86. The standard InChI is InChI=1S/C19H30F3N5O3.HI/c1-3-23-17(26-12-18(2,28)13-27-7-9-29-10-8-27)25-11-15-5-4-6-24-16(15)30-14-19(20,21)22;/h4-6,28H,3,7-14H2,1-2H3,(H2,23,25,26);1H. The van der Waals surface area contributed by atoms with Crippen LogP contribution in [0.15, 0.2) is 23.3 Å². The summed E-state index contributed by atoms with van der Waals surface area (Å²) in [6.45, 7) is 6.45. The molecule has 1 fully saturated rings. The van der Waals surface area contributed by atoms with Crippen molar-refractivity contribution in [1.82, 2.24) is 20.5 Å². The highest BCUT2D eigenvalue weighted by Gasteiger charge is 2.29. The zero-order chi connectivity index (χ0) is 22.0. The molecule has 2 heterocycles. The van der Waals surface area contributed by atoms with Crippen molar-refractivity contribution in [2.45, 2.75) is 32.2 Å². The maximum atomic E-state index is 12.4. The third-order valence-corrected chi connectivity index (χ3v) is 4.28. The Kier molecular flexibility index (Phi) is 11.8. The van der Waals surface area contributed by atoms with E-state index in [1.807, 2.05) is 6.92 Å². The highest BCUT2D eigenvalue weighted by atomic mass is 127. The van der Waals surface area contributed by atoms with E-state index in [0.717, 1.165) is 13.1 Å². The van der Waals surface area contributed by atoms with Crippen LogP contribution in [0.4, 0.5) is 13.2 Å². The van der Waals surface area contributed by atoms with E-state index in [1.165, 1.54) is 6.20 Å². The Bertz CT molecular complexity index is 686. The number of aliphatic hydroxyl groups is 1. The molecule has 0 saturated carbocycles. The monoisotopic (exact) mass is 561 g/mol. The van der Waals surface area contributed by atoms with Gasteiger partial charge in [-0.15, -0.1) is 24.0 Å². The molecular weight excluding hydrogens is 530 g/mol. The number of morpholine rings is 1. The maximum Gasteiger partial charge on any atom is 0.422 e. The van der Waals surface area contributed by atoms with Crippen LogP contribution in [0.1, 0.15) is 19.4 Å². The highest BCUT2D eigenvalue weighted by Crippen LogP contribution is 2.20. The summed E-state index contributed by atoms with van der Waals surface area (Å²) in [6, 6.07) is 3.22. The van der Waals surface area contributed by atoms with E-state index < -0.39 is 18.4 Å². The van der Waals surface area contributed by atoms with Crippen LogP contribution < -0.4 is 15.4 Å². The molecule has 1 saturated heterocycles. The van der Waals surface area contributed by atoms with Gasteiger partial charge in [0.05, 0.1) is 25.4 Å². The van der Waals surface area contributed by atoms with Crippen LogP contribution in [-0.4, -0.2) is 85.3 Å². The lowest BCUT2D eigenvalue weighted by atomic mass is 10.1. The number of nitrogens with one attached hydrogen (secondary N) is 2. The molecule has 0 bridgehead atoms. The number of rotatable bonds is 9. The first-order chi connectivity index (χ1) is 14.2. The second-order valence-corrected chi connectivity index (χ2v) is 7.31. The zero-order valence-corrected chi connectivity index (χ0v) is 20.1. The molecule has 0 aromatic carbocycles. The number of alkyl halides is 3. The van der Waals surface area contributed by atoms with Crippen LogP contribution in [0.3, 0.4) is 0 Å². The molecule has 3 N–H and O–H groups in total. The largest absolute Gasteiger partial charge is 0.468 e. The summed E-state index contributed by atoms with van der Waals surface area (Å²) in [5.41, 5.74) is -0.568. The Morgan fingerprint density at radius 2 is 2.03 bits per heavy atom. The predicted octanol–water partition coefficient (Wildman–Crippen LogP) is 1.78. The Morgan fingerprint density at radius 1 is 1.32 bits per heavy atom. The molecule has 1 aromatic rings. The average molecular weight is 561 g/mol. The maximum absolute atomic E-state index is 12.4. The average Bonchev–Trinajstić information content (AvgIpc) is 2.69. The number of ether oxygens (including phenoxy) is 2. The number of halogens is 4. The minimum Gasteiger partial charge on any atom is -0.468 e. The van der Waals surface area contributed by atoms with E-state index in [-0.39, 0.29) is 42.9 Å². The van der Waals surface area contributed by atoms with Crippen LogP contribution in [0.25, 0.3) is 0 Å². The van der Waals surface area contributed by atoms with Gasteiger partial charge >= 0.3 is 6.18 Å². The SMILES string of the molecule is CCNC(=NCc1cccnc1OCC(F)(F)F)NCC(C)(O)CN1CCOCC1.I. The molecule has 31 heavy (non-hydrogen) atoms.